The highest BCUT2D eigenvalue weighted by Crippen LogP contribution is 2.12. The van der Waals surface area contributed by atoms with Crippen LogP contribution in [-0.2, 0) is 19.1 Å². The van der Waals surface area contributed by atoms with Gasteiger partial charge in [-0.3, -0.25) is 0 Å². The standard InChI is InChI=1S/2C11H20O2/c1-4-11(12)13-9-7-5-6-8-10(2)3;1-4-7-8-10(5-2)9-13-11(12)6-3/h4,10H,1,5-9H2,2-3H3;6,10H,3-5,7-9H2,1-2H3. The first-order valence-electron chi connectivity index (χ1n) is 9.99. The van der Waals surface area contributed by atoms with Crippen molar-refractivity contribution in [3.63, 3.8) is 0 Å². The van der Waals surface area contributed by atoms with Crippen molar-refractivity contribution in [1.82, 2.24) is 0 Å². The Morgan fingerprint density at radius 1 is 0.885 bits per heavy atom. The number of esters is 2. The van der Waals surface area contributed by atoms with Gasteiger partial charge in [-0.25, -0.2) is 9.59 Å². The van der Waals surface area contributed by atoms with E-state index in [0.29, 0.717) is 19.1 Å². The van der Waals surface area contributed by atoms with Crippen LogP contribution >= 0.6 is 0 Å². The lowest BCUT2D eigenvalue weighted by molar-refractivity contribution is -0.139. The highest BCUT2D eigenvalue weighted by molar-refractivity contribution is 5.81. The molecule has 0 bridgehead atoms. The molecule has 0 spiro atoms. The molecule has 4 nitrogen and oxygen atoms in total. The van der Waals surface area contributed by atoms with E-state index < -0.39 is 0 Å². The van der Waals surface area contributed by atoms with Crippen LogP contribution in [0.15, 0.2) is 25.3 Å². The molecule has 0 aliphatic rings. The van der Waals surface area contributed by atoms with E-state index in [0.717, 1.165) is 31.6 Å². The van der Waals surface area contributed by atoms with Gasteiger partial charge >= 0.3 is 11.9 Å². The molecule has 0 aliphatic carbocycles. The molecule has 0 aromatic heterocycles. The highest BCUT2D eigenvalue weighted by atomic mass is 16.5. The number of unbranched alkanes of at least 4 members (excludes halogenated alkanes) is 3. The molecule has 0 saturated heterocycles. The third-order valence-electron chi connectivity index (χ3n) is 4.01. The summed E-state index contributed by atoms with van der Waals surface area (Å²) in [4.78, 5) is 21.4. The molecule has 0 N–H and O–H groups in total. The van der Waals surface area contributed by atoms with Crippen LogP contribution < -0.4 is 0 Å². The Hall–Kier alpha value is -1.58. The van der Waals surface area contributed by atoms with E-state index in [2.05, 4.69) is 40.9 Å². The van der Waals surface area contributed by atoms with Crippen molar-refractivity contribution in [3.8, 4) is 0 Å². The van der Waals surface area contributed by atoms with Crippen molar-refractivity contribution >= 4 is 11.9 Å². The Bertz CT molecular complexity index is 374. The minimum Gasteiger partial charge on any atom is -0.463 e. The van der Waals surface area contributed by atoms with Gasteiger partial charge in [-0.2, -0.15) is 0 Å². The first kappa shape index (κ1) is 26.6. The molecule has 0 rings (SSSR count). The van der Waals surface area contributed by atoms with Gasteiger partial charge in [0.05, 0.1) is 13.2 Å². The molecule has 0 aromatic rings. The lowest BCUT2D eigenvalue weighted by atomic mass is 10.0. The third kappa shape index (κ3) is 20.5. The zero-order valence-electron chi connectivity index (χ0n) is 17.4. The van der Waals surface area contributed by atoms with Crippen LogP contribution in [0.3, 0.4) is 0 Å². The van der Waals surface area contributed by atoms with Gasteiger partial charge in [0.1, 0.15) is 0 Å². The predicted molar refractivity (Wildman–Crippen MR) is 109 cm³/mol. The highest BCUT2D eigenvalue weighted by Gasteiger charge is 2.07. The molecule has 1 unspecified atom stereocenters. The van der Waals surface area contributed by atoms with Crippen LogP contribution in [-0.4, -0.2) is 25.2 Å². The van der Waals surface area contributed by atoms with E-state index in [9.17, 15) is 9.59 Å². The molecule has 26 heavy (non-hydrogen) atoms. The molecule has 0 heterocycles. The second kappa shape index (κ2) is 19.7. The van der Waals surface area contributed by atoms with Gasteiger partial charge in [-0.05, 0) is 24.7 Å². The Morgan fingerprint density at radius 2 is 1.50 bits per heavy atom. The minimum atomic E-state index is -0.316. The van der Waals surface area contributed by atoms with E-state index in [1.165, 1.54) is 37.8 Å². The van der Waals surface area contributed by atoms with Crippen molar-refractivity contribution < 1.29 is 19.1 Å². The molecule has 0 amide bonds. The van der Waals surface area contributed by atoms with Crippen LogP contribution in [0.1, 0.15) is 79.1 Å². The Morgan fingerprint density at radius 3 is 2.00 bits per heavy atom. The fourth-order valence-electron chi connectivity index (χ4n) is 2.22. The molecule has 0 radical (unpaired) electrons. The Labute approximate surface area is 161 Å². The number of hydrogen-bond acceptors (Lipinski definition) is 4. The number of ether oxygens (including phenoxy) is 2. The second-order valence-corrected chi connectivity index (χ2v) is 6.87. The molecule has 0 fully saturated rings. The number of carbonyl (C=O) groups is 2. The smallest absolute Gasteiger partial charge is 0.330 e. The topological polar surface area (TPSA) is 52.6 Å². The summed E-state index contributed by atoms with van der Waals surface area (Å²) in [5.74, 6) is 0.665. The summed E-state index contributed by atoms with van der Waals surface area (Å²) in [5.41, 5.74) is 0. The summed E-state index contributed by atoms with van der Waals surface area (Å²) < 4.78 is 9.83. The van der Waals surface area contributed by atoms with Crippen LogP contribution in [0.5, 0.6) is 0 Å². The van der Waals surface area contributed by atoms with E-state index in [1.807, 2.05) is 0 Å². The van der Waals surface area contributed by atoms with Gasteiger partial charge in [0.2, 0.25) is 0 Å². The molecule has 152 valence electrons. The zero-order chi connectivity index (χ0) is 20.2. The molecular weight excluding hydrogens is 328 g/mol. The van der Waals surface area contributed by atoms with Crippen LogP contribution in [0.2, 0.25) is 0 Å². The fourth-order valence-corrected chi connectivity index (χ4v) is 2.22. The normalized spacial score (nSPS) is 11.1. The van der Waals surface area contributed by atoms with Gasteiger partial charge in [0, 0.05) is 12.2 Å². The van der Waals surface area contributed by atoms with Crippen molar-refractivity contribution in [2.75, 3.05) is 13.2 Å². The van der Waals surface area contributed by atoms with E-state index in [1.54, 1.807) is 0 Å². The Kier molecular flexibility index (Phi) is 20.2. The van der Waals surface area contributed by atoms with Gasteiger partial charge in [0.25, 0.3) is 0 Å². The van der Waals surface area contributed by atoms with Gasteiger partial charge in [-0.15, -0.1) is 0 Å². The van der Waals surface area contributed by atoms with Crippen molar-refractivity contribution in [2.24, 2.45) is 11.8 Å². The molecule has 0 saturated carbocycles. The lowest BCUT2D eigenvalue weighted by Gasteiger charge is -2.13. The maximum absolute atomic E-state index is 10.8. The van der Waals surface area contributed by atoms with E-state index >= 15 is 0 Å². The fraction of sp³-hybridized carbons (Fsp3) is 0.727. The van der Waals surface area contributed by atoms with Crippen molar-refractivity contribution in [2.45, 2.75) is 79.1 Å². The summed E-state index contributed by atoms with van der Waals surface area (Å²) >= 11 is 0. The Balaban J connectivity index is 0. The average molecular weight is 369 g/mol. The minimum absolute atomic E-state index is 0.310. The average Bonchev–Trinajstić information content (AvgIpc) is 2.64. The molecule has 1 atom stereocenters. The van der Waals surface area contributed by atoms with E-state index in [4.69, 9.17) is 9.47 Å². The molecule has 0 aliphatic heterocycles. The summed E-state index contributed by atoms with van der Waals surface area (Å²) in [7, 11) is 0. The van der Waals surface area contributed by atoms with Crippen LogP contribution in [0, 0.1) is 11.8 Å². The van der Waals surface area contributed by atoms with Gasteiger partial charge in [-0.1, -0.05) is 79.4 Å². The van der Waals surface area contributed by atoms with E-state index in [-0.39, 0.29) is 11.9 Å². The number of rotatable bonds is 14. The van der Waals surface area contributed by atoms with Gasteiger partial charge < -0.3 is 9.47 Å². The quantitative estimate of drug-likeness (QED) is 0.219. The summed E-state index contributed by atoms with van der Waals surface area (Å²) in [5, 5.41) is 0. The summed E-state index contributed by atoms with van der Waals surface area (Å²) in [6.45, 7) is 16.5. The monoisotopic (exact) mass is 368 g/mol. The largest absolute Gasteiger partial charge is 0.463 e. The predicted octanol–water partition coefficient (Wildman–Crippen LogP) is 5.86. The second-order valence-electron chi connectivity index (χ2n) is 6.87. The number of hydrogen-bond donors (Lipinski definition) is 0. The lowest BCUT2D eigenvalue weighted by Crippen LogP contribution is -2.12. The molecule has 4 heteroatoms. The summed E-state index contributed by atoms with van der Waals surface area (Å²) in [6, 6.07) is 0. The summed E-state index contributed by atoms with van der Waals surface area (Å²) in [6.07, 6.45) is 11.6. The van der Waals surface area contributed by atoms with Crippen molar-refractivity contribution in [3.05, 3.63) is 25.3 Å². The van der Waals surface area contributed by atoms with Crippen LogP contribution in [0.4, 0.5) is 0 Å². The maximum Gasteiger partial charge on any atom is 0.330 e. The molecular formula is C22H40O4. The van der Waals surface area contributed by atoms with Crippen molar-refractivity contribution in [1.29, 1.82) is 0 Å². The first-order chi connectivity index (χ1) is 12.4. The first-order valence-corrected chi connectivity index (χ1v) is 9.99. The molecule has 0 aromatic carbocycles. The number of carbonyl (C=O) groups excluding carboxylic acids is 2. The third-order valence-corrected chi connectivity index (χ3v) is 4.01. The SMILES string of the molecule is C=CC(=O)OCC(CC)CCCC.C=CC(=O)OCCCCCC(C)C. The maximum atomic E-state index is 10.8. The van der Waals surface area contributed by atoms with Crippen LogP contribution in [0.25, 0.3) is 0 Å². The zero-order valence-corrected chi connectivity index (χ0v) is 17.4. The van der Waals surface area contributed by atoms with Gasteiger partial charge in [0.15, 0.2) is 0 Å².